The summed E-state index contributed by atoms with van der Waals surface area (Å²) in [6.45, 7) is 3.34. The van der Waals surface area contributed by atoms with E-state index in [1.807, 2.05) is 36.1 Å². The van der Waals surface area contributed by atoms with Gasteiger partial charge < -0.3 is 29.1 Å². The fourth-order valence-electron chi connectivity index (χ4n) is 4.30. The van der Waals surface area contributed by atoms with Crippen LogP contribution >= 0.6 is 11.6 Å². The number of likely N-dealkylation sites (N-methyl/N-ethyl adjacent to an activating group) is 1. The number of carbonyl (C=O) groups excluding carboxylic acids is 1. The lowest BCUT2D eigenvalue weighted by atomic mass is 10.2. The molecule has 5 rings (SSSR count). The number of halogens is 1. The molecule has 1 N–H and O–H groups in total. The summed E-state index contributed by atoms with van der Waals surface area (Å²) in [6, 6.07) is 14.9. The van der Waals surface area contributed by atoms with Gasteiger partial charge in [0.2, 0.25) is 0 Å². The van der Waals surface area contributed by atoms with E-state index in [9.17, 15) is 9.90 Å². The van der Waals surface area contributed by atoms with Gasteiger partial charge in [0.05, 0.1) is 13.7 Å². The Morgan fingerprint density at radius 2 is 1.74 bits per heavy atom. The number of anilines is 1. The number of nitrogens with zero attached hydrogens (tertiary/aromatic N) is 4. The molecule has 184 valence electrons. The van der Waals surface area contributed by atoms with Crippen LogP contribution in [0.5, 0.6) is 17.5 Å². The number of hydrogen-bond donors (Lipinski definition) is 1. The van der Waals surface area contributed by atoms with E-state index in [1.165, 1.54) is 0 Å². The quantitative estimate of drug-likeness (QED) is 0.449. The number of aliphatic hydroxyl groups is 1. The zero-order valence-electron chi connectivity index (χ0n) is 19.6. The number of amides is 1. The van der Waals surface area contributed by atoms with Gasteiger partial charge in [0.25, 0.3) is 5.91 Å². The number of benzene rings is 2. The fourth-order valence-corrected chi connectivity index (χ4v) is 4.43. The van der Waals surface area contributed by atoms with Gasteiger partial charge in [-0.05, 0) is 55.3 Å². The number of rotatable bonds is 9. The van der Waals surface area contributed by atoms with Gasteiger partial charge in [-0.2, -0.15) is 4.98 Å². The molecular formula is C25H27ClN4O5. The summed E-state index contributed by atoms with van der Waals surface area (Å²) in [4.78, 5) is 22.3. The molecule has 0 radical (unpaired) electrons. The van der Waals surface area contributed by atoms with Crippen molar-refractivity contribution in [1.29, 1.82) is 0 Å². The lowest BCUT2D eigenvalue weighted by molar-refractivity contribution is 0.0645. The van der Waals surface area contributed by atoms with Crippen molar-refractivity contribution in [2.45, 2.75) is 32.3 Å². The number of aromatic nitrogens is 2. The third-order valence-corrected chi connectivity index (χ3v) is 6.38. The maximum absolute atomic E-state index is 13.8. The second kappa shape index (κ2) is 9.77. The average Bonchev–Trinajstić information content (AvgIpc) is 3.58. The van der Waals surface area contributed by atoms with Gasteiger partial charge in [-0.15, -0.1) is 0 Å². The average molecular weight is 499 g/mol. The minimum Gasteiger partial charge on any atom is -0.497 e. The molecule has 0 bridgehead atoms. The molecule has 1 amide bonds. The minimum absolute atomic E-state index is 0.0125. The van der Waals surface area contributed by atoms with E-state index in [0.717, 1.165) is 5.56 Å². The van der Waals surface area contributed by atoms with Crippen LogP contribution in [0.1, 0.15) is 29.4 Å². The van der Waals surface area contributed by atoms with Crippen LogP contribution < -0.4 is 14.4 Å². The second-order valence-corrected chi connectivity index (χ2v) is 8.77. The van der Waals surface area contributed by atoms with E-state index in [4.69, 9.17) is 30.8 Å². The normalized spacial score (nSPS) is 18.7. The Kier molecular flexibility index (Phi) is 6.55. The largest absolute Gasteiger partial charge is 0.497 e. The van der Waals surface area contributed by atoms with Crippen molar-refractivity contribution in [3.63, 3.8) is 0 Å². The molecule has 0 spiro atoms. The van der Waals surface area contributed by atoms with Crippen molar-refractivity contribution in [2.24, 2.45) is 0 Å². The maximum Gasteiger partial charge on any atom is 0.304 e. The van der Waals surface area contributed by atoms with Crippen molar-refractivity contribution in [1.82, 2.24) is 14.5 Å². The molecular weight excluding hydrogens is 472 g/mol. The number of fused-ring (bicyclic) bond motifs is 2. The predicted octanol–water partition coefficient (Wildman–Crippen LogP) is 3.73. The van der Waals surface area contributed by atoms with E-state index < -0.39 is 0 Å². The number of imidazole rings is 1. The highest BCUT2D eigenvalue weighted by molar-refractivity contribution is 6.30. The first-order valence-corrected chi connectivity index (χ1v) is 11.9. The topological polar surface area (TPSA) is 92.6 Å². The minimum atomic E-state index is -0.363. The molecule has 3 heterocycles. The Hall–Kier alpha value is -3.27. The summed E-state index contributed by atoms with van der Waals surface area (Å²) in [5.41, 5.74) is 1.37. The monoisotopic (exact) mass is 498 g/mol. The molecule has 9 nitrogen and oxygen atoms in total. The molecule has 1 aromatic heterocycles. The lowest BCUT2D eigenvalue weighted by Crippen LogP contribution is -2.37. The molecule has 1 saturated heterocycles. The molecule has 2 aliphatic heterocycles. The van der Waals surface area contributed by atoms with Crippen molar-refractivity contribution >= 4 is 23.3 Å². The molecule has 2 aromatic carbocycles. The SMILES string of the molecule is CCN1c2nc(Oc3ccc(OC)cc3)n(Cc3ccc(Cl)cc3)c2C(=O)N(CCCO)C2OC21. The van der Waals surface area contributed by atoms with Gasteiger partial charge in [-0.3, -0.25) is 9.36 Å². The van der Waals surface area contributed by atoms with Crippen LogP contribution in [0, 0.1) is 0 Å². The van der Waals surface area contributed by atoms with Crippen LogP contribution in [-0.2, 0) is 11.3 Å². The molecule has 2 atom stereocenters. The highest BCUT2D eigenvalue weighted by Gasteiger charge is 2.54. The lowest BCUT2D eigenvalue weighted by Gasteiger charge is -2.20. The van der Waals surface area contributed by atoms with Crippen molar-refractivity contribution < 1.29 is 24.1 Å². The van der Waals surface area contributed by atoms with Crippen LogP contribution in [-0.4, -0.2) is 64.7 Å². The van der Waals surface area contributed by atoms with Gasteiger partial charge in [0, 0.05) is 24.7 Å². The molecule has 10 heteroatoms. The Morgan fingerprint density at radius 3 is 2.40 bits per heavy atom. The zero-order chi connectivity index (χ0) is 24.5. The zero-order valence-corrected chi connectivity index (χ0v) is 20.3. The number of carbonyl (C=O) groups is 1. The third-order valence-electron chi connectivity index (χ3n) is 6.13. The van der Waals surface area contributed by atoms with Crippen LogP contribution in [0.25, 0.3) is 0 Å². The van der Waals surface area contributed by atoms with Crippen LogP contribution in [0.15, 0.2) is 48.5 Å². The highest BCUT2D eigenvalue weighted by atomic mass is 35.5. The van der Waals surface area contributed by atoms with Gasteiger partial charge in [-0.1, -0.05) is 23.7 Å². The number of ether oxygens (including phenoxy) is 3. The first-order chi connectivity index (χ1) is 17.0. The predicted molar refractivity (Wildman–Crippen MR) is 130 cm³/mol. The van der Waals surface area contributed by atoms with E-state index in [-0.39, 0.29) is 25.0 Å². The summed E-state index contributed by atoms with van der Waals surface area (Å²) in [6.07, 6.45) is -0.185. The Morgan fingerprint density at radius 1 is 1.06 bits per heavy atom. The third kappa shape index (κ3) is 4.54. The van der Waals surface area contributed by atoms with Crippen LogP contribution in [0.4, 0.5) is 5.82 Å². The Balaban J connectivity index is 1.60. The molecule has 1 fully saturated rings. The van der Waals surface area contributed by atoms with Gasteiger partial charge in [0.15, 0.2) is 24.0 Å². The van der Waals surface area contributed by atoms with Crippen LogP contribution in [0.3, 0.4) is 0 Å². The highest BCUT2D eigenvalue weighted by Crippen LogP contribution is 2.41. The van der Waals surface area contributed by atoms with E-state index >= 15 is 0 Å². The van der Waals surface area contributed by atoms with Crippen LogP contribution in [0.2, 0.25) is 5.02 Å². The molecule has 2 aliphatic rings. The summed E-state index contributed by atoms with van der Waals surface area (Å²) in [7, 11) is 1.60. The summed E-state index contributed by atoms with van der Waals surface area (Å²) in [5, 5.41) is 10.0. The Bertz CT molecular complexity index is 1200. The first-order valence-electron chi connectivity index (χ1n) is 11.5. The van der Waals surface area contributed by atoms with Gasteiger partial charge in [-0.25, -0.2) is 0 Å². The van der Waals surface area contributed by atoms with E-state index in [1.54, 1.807) is 40.8 Å². The molecule has 0 saturated carbocycles. The number of hydrogen-bond acceptors (Lipinski definition) is 7. The fraction of sp³-hybridized carbons (Fsp3) is 0.360. The maximum atomic E-state index is 13.8. The Labute approximate surface area is 208 Å². The first kappa shape index (κ1) is 23.5. The number of methoxy groups -OCH3 is 1. The molecule has 3 aromatic rings. The molecule has 35 heavy (non-hydrogen) atoms. The summed E-state index contributed by atoms with van der Waals surface area (Å²) in [5.74, 6) is 1.59. The number of aliphatic hydroxyl groups excluding tert-OH is 1. The summed E-state index contributed by atoms with van der Waals surface area (Å²) < 4.78 is 19.1. The second-order valence-electron chi connectivity index (χ2n) is 8.34. The van der Waals surface area contributed by atoms with E-state index in [2.05, 4.69) is 0 Å². The van der Waals surface area contributed by atoms with Gasteiger partial charge in [0.1, 0.15) is 11.5 Å². The van der Waals surface area contributed by atoms with Crippen molar-refractivity contribution in [3.8, 4) is 17.5 Å². The van der Waals surface area contributed by atoms with Crippen molar-refractivity contribution in [2.75, 3.05) is 31.7 Å². The van der Waals surface area contributed by atoms with Crippen molar-refractivity contribution in [3.05, 3.63) is 64.8 Å². The van der Waals surface area contributed by atoms with Gasteiger partial charge >= 0.3 is 6.01 Å². The molecule has 0 aliphatic carbocycles. The summed E-state index contributed by atoms with van der Waals surface area (Å²) >= 11 is 6.09. The number of epoxide rings is 1. The smallest absolute Gasteiger partial charge is 0.304 e. The molecule has 2 unspecified atom stereocenters. The standard InChI is InChI=1S/C25H27ClN4O5/c1-3-28-21-20(22(32)29(13-4-14-31)24-23(28)35-24)30(15-16-5-7-17(26)8-6-16)25(27-21)34-19-11-9-18(33-2)10-12-19/h5-12,23-24,31H,3-4,13-15H2,1-2H3. The van der Waals surface area contributed by atoms with E-state index in [0.29, 0.717) is 60.1 Å².